The maximum absolute atomic E-state index is 10.2. The van der Waals surface area contributed by atoms with E-state index >= 15 is 0 Å². The van der Waals surface area contributed by atoms with Crippen LogP contribution in [0.15, 0.2) is 0 Å². The number of hydrogen-bond donors (Lipinski definition) is 0. The van der Waals surface area contributed by atoms with Crippen LogP contribution in [0.3, 0.4) is 0 Å². The third-order valence-corrected chi connectivity index (χ3v) is 15.9. The van der Waals surface area contributed by atoms with Crippen molar-refractivity contribution < 1.29 is 58.2 Å². The van der Waals surface area contributed by atoms with Gasteiger partial charge in [-0.3, -0.25) is 0 Å². The molecule has 0 aliphatic carbocycles. The van der Waals surface area contributed by atoms with Gasteiger partial charge in [-0.25, -0.2) is 0 Å². The third kappa shape index (κ3) is 104. The first-order valence-electron chi connectivity index (χ1n) is 35.9. The van der Waals surface area contributed by atoms with E-state index in [1.54, 1.807) is 0 Å². The summed E-state index contributed by atoms with van der Waals surface area (Å²) >= 11 is 0. The molecule has 0 amide bonds. The Bertz CT molecular complexity index is 990. The van der Waals surface area contributed by atoms with Crippen LogP contribution in [0.4, 0.5) is 0 Å². The number of carbonyl (C=O) groups is 4. The number of rotatable bonds is 64. The van der Waals surface area contributed by atoms with Crippen LogP contribution in [0, 0.1) is 0 Å². The third-order valence-electron chi connectivity index (χ3n) is 15.9. The molecule has 0 spiro atoms. The van der Waals surface area contributed by atoms with Crippen LogP contribution in [-0.4, -0.2) is 23.9 Å². The van der Waals surface area contributed by atoms with E-state index in [-0.39, 0.29) is 44.2 Å². The fraction of sp³-hybridized carbons (Fsp3) is 0.944. The molecule has 9 heteroatoms. The molecule has 481 valence electrons. The van der Waals surface area contributed by atoms with E-state index in [4.69, 9.17) is 0 Å². The molecule has 0 N–H and O–H groups in total. The van der Waals surface area contributed by atoms with E-state index in [9.17, 15) is 39.6 Å². The summed E-state index contributed by atoms with van der Waals surface area (Å²) in [5, 5.41) is 40.9. The maximum Gasteiger partial charge on any atom is 4.00 e. The first-order valence-corrected chi connectivity index (χ1v) is 35.9. The predicted molar refractivity (Wildman–Crippen MR) is 338 cm³/mol. The maximum atomic E-state index is 10.2. The molecule has 0 unspecified atom stereocenters. The van der Waals surface area contributed by atoms with Crippen molar-refractivity contribution in [3.8, 4) is 0 Å². The topological polar surface area (TPSA) is 161 Å². The molecule has 0 aromatic rings. The van der Waals surface area contributed by atoms with Gasteiger partial charge in [-0.05, 0) is 51.4 Å². The molecular weight excluding hydrogens is 1040 g/mol. The Labute approximate surface area is 517 Å². The fourth-order valence-electron chi connectivity index (χ4n) is 10.6. The zero-order valence-corrected chi connectivity index (χ0v) is 56.4. The van der Waals surface area contributed by atoms with Gasteiger partial charge >= 0.3 is 18.6 Å². The molecule has 0 saturated carbocycles. The molecule has 1 radical (unpaired) electrons. The molecule has 0 saturated heterocycles. The summed E-state index contributed by atoms with van der Waals surface area (Å²) in [6.45, 7) is 9.07. The van der Waals surface area contributed by atoms with E-state index in [1.807, 2.05) is 0 Å². The zero-order chi connectivity index (χ0) is 59.6. The minimum absolute atomic E-state index is 0. The largest absolute Gasteiger partial charge is 4.00 e. The summed E-state index contributed by atoms with van der Waals surface area (Å²) in [5.74, 6) is -3.61. The Morgan fingerprint density at radius 2 is 0.235 bits per heavy atom. The van der Waals surface area contributed by atoms with Gasteiger partial charge in [0.25, 0.3) is 0 Å². The van der Waals surface area contributed by atoms with Crippen molar-refractivity contribution in [1.29, 1.82) is 0 Å². The number of carboxylic acids is 4. The number of carbonyl (C=O) groups excluding carboxylic acids is 4. The normalized spacial score (nSPS) is 10.7. The van der Waals surface area contributed by atoms with Crippen LogP contribution in [0.2, 0.25) is 0 Å². The standard InChI is InChI=1S/4C18H36O2.V/c4*1-2-3-4-5-6-7-8-9-10-11-12-13-14-15-16-17-18(19)20;/h4*2-17H2,1H3,(H,19,20);/q;;;;+4/p-4. The van der Waals surface area contributed by atoms with Crippen molar-refractivity contribution in [1.82, 2.24) is 0 Å². The molecule has 0 aromatic carbocycles. The van der Waals surface area contributed by atoms with Crippen molar-refractivity contribution in [2.24, 2.45) is 0 Å². The minimum atomic E-state index is -0.903. The SMILES string of the molecule is CCCCCCCCCCCCCCCCCC(=O)[O-].CCCCCCCCCCCCCCCCCC(=O)[O-].CCCCCCCCCCCCCCCCCC(=O)[O-].CCCCCCCCCCCCCCCCCC(=O)[O-].[V+4]. The quantitative estimate of drug-likeness (QED) is 0.0544. The van der Waals surface area contributed by atoms with Crippen molar-refractivity contribution in [3.05, 3.63) is 0 Å². The van der Waals surface area contributed by atoms with Gasteiger partial charge in [-0.2, -0.15) is 0 Å². The number of carboxylic acid groups (broad SMARTS) is 4. The van der Waals surface area contributed by atoms with Gasteiger partial charge in [0.1, 0.15) is 0 Å². The van der Waals surface area contributed by atoms with Crippen molar-refractivity contribution in [2.45, 2.75) is 439 Å². The Morgan fingerprint density at radius 1 is 0.160 bits per heavy atom. The fourth-order valence-corrected chi connectivity index (χ4v) is 10.6. The molecule has 0 aromatic heterocycles. The summed E-state index contributed by atoms with van der Waals surface area (Å²) in [4.78, 5) is 40.9. The van der Waals surface area contributed by atoms with Crippen LogP contribution in [0.1, 0.15) is 439 Å². The number of aliphatic carboxylic acids is 4. The van der Waals surface area contributed by atoms with Gasteiger partial charge in [0, 0.05) is 23.9 Å². The average molecular weight is 1180 g/mol. The van der Waals surface area contributed by atoms with Crippen LogP contribution >= 0.6 is 0 Å². The molecule has 0 bridgehead atoms. The molecular formula is C72H140O8V. The second kappa shape index (κ2) is 84.9. The Morgan fingerprint density at radius 3 is 0.309 bits per heavy atom. The minimum Gasteiger partial charge on any atom is -0.550 e. The molecule has 0 aliphatic heterocycles. The summed E-state index contributed by atoms with van der Waals surface area (Å²) in [6.07, 6.45) is 79.4. The second-order valence-corrected chi connectivity index (χ2v) is 24.3. The Balaban J connectivity index is -0.000000316. The van der Waals surface area contributed by atoms with E-state index in [1.165, 1.54) is 334 Å². The molecule has 8 nitrogen and oxygen atoms in total. The first kappa shape index (κ1) is 88.2. The number of unbranched alkanes of at least 4 members (excludes halogenated alkanes) is 56. The van der Waals surface area contributed by atoms with Gasteiger partial charge in [-0.15, -0.1) is 0 Å². The van der Waals surface area contributed by atoms with Crippen molar-refractivity contribution in [2.75, 3.05) is 0 Å². The molecule has 0 heterocycles. The summed E-state index contributed by atoms with van der Waals surface area (Å²) in [5.41, 5.74) is 0. The summed E-state index contributed by atoms with van der Waals surface area (Å²) in [7, 11) is 0. The second-order valence-electron chi connectivity index (χ2n) is 24.3. The number of hydrogen-bond acceptors (Lipinski definition) is 8. The van der Waals surface area contributed by atoms with Gasteiger partial charge in [0.15, 0.2) is 0 Å². The van der Waals surface area contributed by atoms with Crippen LogP contribution < -0.4 is 20.4 Å². The predicted octanol–water partition coefficient (Wildman–Crippen LogP) is 20.0. The van der Waals surface area contributed by atoms with Gasteiger partial charge in [-0.1, -0.05) is 387 Å². The molecule has 0 rings (SSSR count). The van der Waals surface area contributed by atoms with Gasteiger partial charge in [0.05, 0.1) is 0 Å². The smallest absolute Gasteiger partial charge is 0.550 e. The van der Waals surface area contributed by atoms with E-state index in [0.29, 0.717) is 0 Å². The monoisotopic (exact) mass is 1180 g/mol. The average Bonchev–Trinajstić information content (AvgIpc) is 3.43. The summed E-state index contributed by atoms with van der Waals surface area (Å²) < 4.78 is 0. The molecule has 0 fully saturated rings. The van der Waals surface area contributed by atoms with E-state index in [2.05, 4.69) is 27.7 Å². The molecule has 0 aliphatic rings. The molecule has 81 heavy (non-hydrogen) atoms. The molecule has 0 atom stereocenters. The summed E-state index contributed by atoms with van der Waals surface area (Å²) in [6, 6.07) is 0. The van der Waals surface area contributed by atoms with Crippen LogP contribution in [-0.2, 0) is 37.7 Å². The van der Waals surface area contributed by atoms with Gasteiger partial charge < -0.3 is 39.6 Å². The van der Waals surface area contributed by atoms with E-state index < -0.39 is 23.9 Å². The zero-order valence-electron chi connectivity index (χ0n) is 55.0. The van der Waals surface area contributed by atoms with Crippen LogP contribution in [0.25, 0.3) is 0 Å². The van der Waals surface area contributed by atoms with Crippen LogP contribution in [0.5, 0.6) is 0 Å². The van der Waals surface area contributed by atoms with Crippen molar-refractivity contribution >= 4 is 23.9 Å². The Kier molecular flexibility index (Phi) is 92.5. The van der Waals surface area contributed by atoms with E-state index in [0.717, 1.165) is 51.4 Å². The first-order chi connectivity index (χ1) is 39.1. The van der Waals surface area contributed by atoms with Gasteiger partial charge in [0.2, 0.25) is 0 Å². The van der Waals surface area contributed by atoms with Crippen molar-refractivity contribution in [3.63, 3.8) is 0 Å². The Hall–Kier alpha value is -1.54.